The summed E-state index contributed by atoms with van der Waals surface area (Å²) in [5.41, 5.74) is -1.10. The minimum atomic E-state index is -2.23. The molecule has 0 aliphatic rings. The minimum absolute atomic E-state index is 0.0787. The summed E-state index contributed by atoms with van der Waals surface area (Å²) in [6, 6.07) is 6.49. The molecule has 0 saturated carbocycles. The summed E-state index contributed by atoms with van der Waals surface area (Å²) >= 11 is 1.23. The number of hydrogen-bond acceptors (Lipinski definition) is 6. The van der Waals surface area contributed by atoms with Crippen LogP contribution in [0.4, 0.5) is 5.69 Å². The van der Waals surface area contributed by atoms with Crippen LogP contribution in [0.5, 0.6) is 0 Å². The number of hydrogen-bond donors (Lipinski definition) is 3. The molecule has 0 aliphatic carbocycles. The van der Waals surface area contributed by atoms with Gasteiger partial charge in [-0.2, -0.15) is 11.8 Å². The molecule has 3 N–H and O–H groups in total. The topological polar surface area (TPSA) is 138 Å². The van der Waals surface area contributed by atoms with E-state index in [9.17, 15) is 24.8 Å². The summed E-state index contributed by atoms with van der Waals surface area (Å²) in [6.45, 7) is 0. The van der Waals surface area contributed by atoms with E-state index in [1.54, 1.807) is 12.1 Å². The van der Waals surface area contributed by atoms with Gasteiger partial charge in [0.05, 0.1) is 11.3 Å². The zero-order valence-electron chi connectivity index (χ0n) is 14.3. The van der Waals surface area contributed by atoms with Gasteiger partial charge in [-0.15, -0.1) is 0 Å². The van der Waals surface area contributed by atoms with E-state index in [0.29, 0.717) is 5.75 Å². The number of carboxylic acids is 2. The number of aliphatic hydroxyl groups is 1. The number of aliphatic carboxylic acids is 2. The number of nitro groups is 1. The second-order valence-corrected chi connectivity index (χ2v) is 7.15. The largest absolute Gasteiger partial charge is 0.481 e. The summed E-state index contributed by atoms with van der Waals surface area (Å²) in [5.74, 6) is -2.37. The number of rotatable bonds is 13. The average molecular weight is 385 g/mol. The molecule has 0 fully saturated rings. The van der Waals surface area contributed by atoms with Crippen molar-refractivity contribution in [3.63, 3.8) is 0 Å². The van der Waals surface area contributed by atoms with Crippen molar-refractivity contribution in [1.29, 1.82) is 0 Å². The zero-order valence-corrected chi connectivity index (χ0v) is 15.1. The zero-order chi connectivity index (χ0) is 19.6. The van der Waals surface area contributed by atoms with Crippen LogP contribution in [-0.4, -0.2) is 49.3 Å². The Labute approximate surface area is 155 Å². The molecule has 0 aliphatic heterocycles. The first-order chi connectivity index (χ1) is 12.2. The van der Waals surface area contributed by atoms with Gasteiger partial charge in [0.1, 0.15) is 0 Å². The molecule has 9 heteroatoms. The highest BCUT2D eigenvalue weighted by Gasteiger charge is 2.38. The predicted molar refractivity (Wildman–Crippen MR) is 97.4 cm³/mol. The van der Waals surface area contributed by atoms with E-state index in [1.165, 1.54) is 23.9 Å². The number of carbonyl (C=O) groups is 2. The van der Waals surface area contributed by atoms with E-state index in [0.717, 1.165) is 37.7 Å². The lowest BCUT2D eigenvalue weighted by atomic mass is 10.0. The van der Waals surface area contributed by atoms with Crippen molar-refractivity contribution in [2.24, 2.45) is 0 Å². The van der Waals surface area contributed by atoms with Crippen molar-refractivity contribution < 1.29 is 29.8 Å². The molecule has 144 valence electrons. The second-order valence-electron chi connectivity index (χ2n) is 6.05. The van der Waals surface area contributed by atoms with Crippen LogP contribution in [0.3, 0.4) is 0 Å². The van der Waals surface area contributed by atoms with Gasteiger partial charge >= 0.3 is 11.9 Å². The molecule has 1 aromatic rings. The first-order valence-electron chi connectivity index (χ1n) is 8.23. The quantitative estimate of drug-likeness (QED) is 0.268. The Morgan fingerprint density at radius 1 is 1.08 bits per heavy atom. The molecular weight excluding hydrogens is 362 g/mol. The molecule has 0 aromatic heterocycles. The number of thioether (sulfide) groups is 1. The fourth-order valence-corrected chi connectivity index (χ4v) is 3.47. The van der Waals surface area contributed by atoms with E-state index in [2.05, 4.69) is 0 Å². The van der Waals surface area contributed by atoms with Crippen molar-refractivity contribution >= 4 is 29.4 Å². The molecule has 0 heterocycles. The first kappa shape index (κ1) is 21.9. The number of aryl methyl sites for hydroxylation is 1. The highest BCUT2D eigenvalue weighted by molar-refractivity contribution is 7.99. The molecule has 0 amide bonds. The van der Waals surface area contributed by atoms with Crippen molar-refractivity contribution in [3.8, 4) is 0 Å². The molecular formula is C17H23NO7S. The third kappa shape index (κ3) is 7.83. The van der Waals surface area contributed by atoms with Gasteiger partial charge in [0, 0.05) is 17.9 Å². The lowest BCUT2D eigenvalue weighted by molar-refractivity contribution is -0.384. The lowest BCUT2D eigenvalue weighted by Crippen LogP contribution is -2.43. The van der Waals surface area contributed by atoms with Gasteiger partial charge in [0.2, 0.25) is 0 Å². The Hall–Kier alpha value is -2.13. The van der Waals surface area contributed by atoms with E-state index in [4.69, 9.17) is 10.2 Å². The Balaban J connectivity index is 2.16. The highest BCUT2D eigenvalue weighted by atomic mass is 32.2. The number of nitrogens with zero attached hydrogens (tertiary/aromatic N) is 1. The molecule has 0 bridgehead atoms. The van der Waals surface area contributed by atoms with E-state index in [1.807, 2.05) is 0 Å². The summed E-state index contributed by atoms with van der Waals surface area (Å²) in [5, 5.41) is 38.0. The van der Waals surface area contributed by atoms with Crippen LogP contribution in [0.1, 0.15) is 37.7 Å². The normalized spacial score (nSPS) is 13.1. The average Bonchev–Trinajstić information content (AvgIpc) is 2.56. The monoisotopic (exact) mass is 385 g/mol. The van der Waals surface area contributed by atoms with Gasteiger partial charge in [0.15, 0.2) is 5.60 Å². The fourth-order valence-electron chi connectivity index (χ4n) is 2.35. The maximum atomic E-state index is 11.0. The van der Waals surface area contributed by atoms with E-state index < -0.39 is 28.9 Å². The van der Waals surface area contributed by atoms with Gasteiger partial charge in [-0.1, -0.05) is 25.0 Å². The van der Waals surface area contributed by atoms with Crippen LogP contribution >= 0.6 is 11.8 Å². The Morgan fingerprint density at radius 2 is 1.69 bits per heavy atom. The van der Waals surface area contributed by atoms with Crippen LogP contribution in [0.25, 0.3) is 0 Å². The Bertz CT molecular complexity index is 620. The van der Waals surface area contributed by atoms with Crippen LogP contribution in [0.15, 0.2) is 24.3 Å². The van der Waals surface area contributed by atoms with E-state index >= 15 is 0 Å². The first-order valence-corrected chi connectivity index (χ1v) is 9.39. The van der Waals surface area contributed by atoms with Crippen LogP contribution in [-0.2, 0) is 16.0 Å². The third-order valence-corrected chi connectivity index (χ3v) is 5.09. The summed E-state index contributed by atoms with van der Waals surface area (Å²) in [6.07, 6.45) is 3.71. The molecule has 26 heavy (non-hydrogen) atoms. The van der Waals surface area contributed by atoms with Crippen molar-refractivity contribution in [1.82, 2.24) is 0 Å². The Morgan fingerprint density at radius 3 is 2.23 bits per heavy atom. The second kappa shape index (κ2) is 10.8. The molecule has 1 atom stereocenters. The van der Waals surface area contributed by atoms with Gasteiger partial charge in [0.25, 0.3) is 5.69 Å². The van der Waals surface area contributed by atoms with Gasteiger partial charge in [-0.05, 0) is 30.6 Å². The third-order valence-electron chi connectivity index (χ3n) is 3.83. The molecule has 8 nitrogen and oxygen atoms in total. The maximum Gasteiger partial charge on any atom is 0.337 e. The molecule has 1 unspecified atom stereocenters. The van der Waals surface area contributed by atoms with E-state index in [-0.39, 0.29) is 11.4 Å². The SMILES string of the molecule is O=C(O)CC(O)(CSCCCCCCc1ccc([N+](=O)[O-])cc1)C(=O)O. The number of non-ortho nitro benzene ring substituents is 1. The predicted octanol–water partition coefficient (Wildman–Crippen LogP) is 2.72. The minimum Gasteiger partial charge on any atom is -0.481 e. The fraction of sp³-hybridized carbons (Fsp3) is 0.529. The van der Waals surface area contributed by atoms with Gasteiger partial charge < -0.3 is 15.3 Å². The number of benzene rings is 1. The van der Waals surface area contributed by atoms with Gasteiger partial charge in [-0.3, -0.25) is 14.9 Å². The van der Waals surface area contributed by atoms with Crippen LogP contribution in [0, 0.1) is 10.1 Å². The van der Waals surface area contributed by atoms with Crippen molar-refractivity contribution in [2.75, 3.05) is 11.5 Å². The molecule has 0 radical (unpaired) electrons. The molecule has 0 spiro atoms. The van der Waals surface area contributed by atoms with Crippen molar-refractivity contribution in [3.05, 3.63) is 39.9 Å². The summed E-state index contributed by atoms with van der Waals surface area (Å²) < 4.78 is 0. The molecule has 1 rings (SSSR count). The van der Waals surface area contributed by atoms with Crippen molar-refractivity contribution in [2.45, 2.75) is 44.1 Å². The number of unbranched alkanes of at least 4 members (excludes halogenated alkanes) is 3. The number of nitro benzene ring substituents is 1. The van der Waals surface area contributed by atoms with Crippen LogP contribution in [0.2, 0.25) is 0 Å². The summed E-state index contributed by atoms with van der Waals surface area (Å²) in [4.78, 5) is 31.8. The maximum absolute atomic E-state index is 11.0. The van der Waals surface area contributed by atoms with Crippen LogP contribution < -0.4 is 0 Å². The standard InChI is InChI=1S/C17H23NO7S/c19-15(20)11-17(23,16(21)22)12-26-10-4-2-1-3-5-13-6-8-14(9-7-13)18(24)25/h6-9,23H,1-5,10-12H2,(H,19,20)(H,21,22). The summed E-state index contributed by atoms with van der Waals surface area (Å²) in [7, 11) is 0. The Kier molecular flexibility index (Phi) is 9.08. The smallest absolute Gasteiger partial charge is 0.337 e. The van der Waals surface area contributed by atoms with Gasteiger partial charge in [-0.25, -0.2) is 4.79 Å². The molecule has 1 aromatic carbocycles. The lowest BCUT2D eigenvalue weighted by Gasteiger charge is -2.20. The molecule has 0 saturated heterocycles. The number of carboxylic acid groups (broad SMARTS) is 2. The highest BCUT2D eigenvalue weighted by Crippen LogP contribution is 2.20.